The first-order valence-corrected chi connectivity index (χ1v) is 7.11. The average molecular weight is 238 g/mol. The highest BCUT2D eigenvalue weighted by molar-refractivity contribution is 5.88. The first-order valence-electron chi connectivity index (χ1n) is 7.11. The molecule has 0 aromatic carbocycles. The summed E-state index contributed by atoms with van der Waals surface area (Å²) in [6.07, 6.45) is 3.80. The van der Waals surface area contributed by atoms with E-state index in [2.05, 4.69) is 20.8 Å². The van der Waals surface area contributed by atoms with Gasteiger partial charge in [-0.15, -0.1) is 0 Å². The van der Waals surface area contributed by atoms with Crippen LogP contribution < -0.4 is 0 Å². The number of hydrogen-bond donors (Lipinski definition) is 0. The first-order chi connectivity index (χ1) is 7.91. The van der Waals surface area contributed by atoms with E-state index in [4.69, 9.17) is 4.74 Å². The molecular weight excluding hydrogens is 212 g/mol. The highest BCUT2D eigenvalue weighted by Gasteiger charge is 2.61. The van der Waals surface area contributed by atoms with Crippen molar-refractivity contribution in [3.63, 3.8) is 0 Å². The molecule has 0 aromatic rings. The van der Waals surface area contributed by atoms with E-state index in [1.807, 2.05) is 13.8 Å². The summed E-state index contributed by atoms with van der Waals surface area (Å²) in [7, 11) is 0. The number of carbonyl (C=O) groups excluding carboxylic acids is 1. The summed E-state index contributed by atoms with van der Waals surface area (Å²) < 4.78 is 6.14. The minimum atomic E-state index is -0.164. The SMILES string of the molecule is CC(C)C(=O)[C@]12CCC[C@H]1[C@H](C(C)C)O[C@H]2C. The summed E-state index contributed by atoms with van der Waals surface area (Å²) in [5.74, 6) is 1.55. The monoisotopic (exact) mass is 238 g/mol. The lowest BCUT2D eigenvalue weighted by atomic mass is 9.67. The Labute approximate surface area is 105 Å². The van der Waals surface area contributed by atoms with Crippen molar-refractivity contribution in [3.8, 4) is 0 Å². The maximum atomic E-state index is 12.6. The smallest absolute Gasteiger partial charge is 0.144 e. The van der Waals surface area contributed by atoms with Gasteiger partial charge in [0.2, 0.25) is 0 Å². The van der Waals surface area contributed by atoms with E-state index in [1.54, 1.807) is 0 Å². The summed E-state index contributed by atoms with van der Waals surface area (Å²) in [6, 6.07) is 0. The van der Waals surface area contributed by atoms with E-state index < -0.39 is 0 Å². The van der Waals surface area contributed by atoms with Crippen LogP contribution in [0, 0.1) is 23.2 Å². The molecule has 0 N–H and O–H groups in total. The molecule has 0 spiro atoms. The lowest BCUT2D eigenvalue weighted by molar-refractivity contribution is -0.135. The van der Waals surface area contributed by atoms with Crippen molar-refractivity contribution < 1.29 is 9.53 Å². The van der Waals surface area contributed by atoms with Crippen molar-refractivity contribution in [2.24, 2.45) is 23.2 Å². The fourth-order valence-electron chi connectivity index (χ4n) is 4.14. The number of Topliss-reactive ketones (excluding diaryl/α,β-unsaturated/α-hetero) is 1. The molecule has 0 amide bonds. The van der Waals surface area contributed by atoms with Crippen molar-refractivity contribution in [2.75, 3.05) is 0 Å². The third kappa shape index (κ3) is 1.76. The van der Waals surface area contributed by atoms with Crippen LogP contribution in [-0.2, 0) is 9.53 Å². The third-order valence-electron chi connectivity index (χ3n) is 4.89. The van der Waals surface area contributed by atoms with Crippen LogP contribution in [0.4, 0.5) is 0 Å². The molecule has 1 heterocycles. The molecule has 0 unspecified atom stereocenters. The van der Waals surface area contributed by atoms with Crippen LogP contribution in [0.5, 0.6) is 0 Å². The number of ether oxygens (including phenoxy) is 1. The van der Waals surface area contributed by atoms with Gasteiger partial charge in [0.1, 0.15) is 5.78 Å². The normalized spacial score (nSPS) is 41.2. The van der Waals surface area contributed by atoms with Crippen LogP contribution in [0.25, 0.3) is 0 Å². The van der Waals surface area contributed by atoms with Crippen LogP contribution in [0.3, 0.4) is 0 Å². The van der Waals surface area contributed by atoms with Gasteiger partial charge in [-0.1, -0.05) is 34.1 Å². The molecule has 0 radical (unpaired) electrons. The fourth-order valence-corrected chi connectivity index (χ4v) is 4.14. The Bertz CT molecular complexity index is 308. The quantitative estimate of drug-likeness (QED) is 0.753. The van der Waals surface area contributed by atoms with Gasteiger partial charge in [-0.2, -0.15) is 0 Å². The maximum Gasteiger partial charge on any atom is 0.144 e. The molecule has 2 rings (SSSR count). The summed E-state index contributed by atoms with van der Waals surface area (Å²) in [6.45, 7) is 10.6. The van der Waals surface area contributed by atoms with Crippen molar-refractivity contribution in [2.45, 2.75) is 66.1 Å². The maximum absolute atomic E-state index is 12.6. The van der Waals surface area contributed by atoms with E-state index in [0.717, 1.165) is 6.42 Å². The molecular formula is C15H26O2. The molecule has 0 bridgehead atoms. The Kier molecular flexibility index (Phi) is 3.37. The van der Waals surface area contributed by atoms with Gasteiger partial charge in [0.25, 0.3) is 0 Å². The van der Waals surface area contributed by atoms with E-state index in [1.165, 1.54) is 12.8 Å². The van der Waals surface area contributed by atoms with Gasteiger partial charge in [-0.05, 0) is 25.7 Å². The second-order valence-corrected chi connectivity index (χ2v) is 6.54. The highest BCUT2D eigenvalue weighted by atomic mass is 16.5. The highest BCUT2D eigenvalue weighted by Crippen LogP contribution is 2.57. The predicted molar refractivity (Wildman–Crippen MR) is 68.8 cm³/mol. The van der Waals surface area contributed by atoms with E-state index in [9.17, 15) is 4.79 Å². The van der Waals surface area contributed by atoms with Gasteiger partial charge in [0.05, 0.1) is 17.6 Å². The van der Waals surface area contributed by atoms with Crippen molar-refractivity contribution in [1.29, 1.82) is 0 Å². The van der Waals surface area contributed by atoms with Crippen molar-refractivity contribution in [1.82, 2.24) is 0 Å². The lowest BCUT2D eigenvalue weighted by Gasteiger charge is -2.32. The molecule has 2 aliphatic rings. The number of carbonyl (C=O) groups is 1. The first kappa shape index (κ1) is 13.1. The number of fused-ring (bicyclic) bond motifs is 1. The number of rotatable bonds is 3. The summed E-state index contributed by atoms with van der Waals surface area (Å²) in [4.78, 5) is 12.6. The Hall–Kier alpha value is -0.370. The molecule has 1 saturated heterocycles. The molecule has 17 heavy (non-hydrogen) atoms. The Morgan fingerprint density at radius 2 is 1.94 bits per heavy atom. The van der Waals surface area contributed by atoms with Crippen LogP contribution in [-0.4, -0.2) is 18.0 Å². The molecule has 2 fully saturated rings. The lowest BCUT2D eigenvalue weighted by Crippen LogP contribution is -2.42. The molecule has 2 heteroatoms. The molecule has 98 valence electrons. The number of ketones is 1. The zero-order chi connectivity index (χ0) is 12.8. The minimum absolute atomic E-state index is 0.109. The molecule has 4 atom stereocenters. The third-order valence-corrected chi connectivity index (χ3v) is 4.89. The molecule has 0 aromatic heterocycles. The Morgan fingerprint density at radius 3 is 2.47 bits per heavy atom. The topological polar surface area (TPSA) is 26.3 Å². The zero-order valence-corrected chi connectivity index (χ0v) is 11.8. The van der Waals surface area contributed by atoms with Gasteiger partial charge in [0.15, 0.2) is 0 Å². The average Bonchev–Trinajstić information content (AvgIpc) is 2.77. The van der Waals surface area contributed by atoms with Crippen LogP contribution in [0.1, 0.15) is 53.9 Å². The zero-order valence-electron chi connectivity index (χ0n) is 11.8. The standard InChI is InChI=1S/C15H26O2/c1-9(2)13-12-7-6-8-15(12,11(5)17-13)14(16)10(3)4/h9-13H,6-8H2,1-5H3/t11-,12-,13-,15-/m0/s1. The van der Waals surface area contributed by atoms with Crippen LogP contribution >= 0.6 is 0 Å². The number of hydrogen-bond acceptors (Lipinski definition) is 2. The van der Waals surface area contributed by atoms with Crippen LogP contribution in [0.15, 0.2) is 0 Å². The fraction of sp³-hybridized carbons (Fsp3) is 0.933. The van der Waals surface area contributed by atoms with Crippen LogP contribution in [0.2, 0.25) is 0 Å². The van der Waals surface area contributed by atoms with Gasteiger partial charge in [0, 0.05) is 11.8 Å². The van der Waals surface area contributed by atoms with Gasteiger partial charge in [-0.3, -0.25) is 4.79 Å². The van der Waals surface area contributed by atoms with Gasteiger partial charge >= 0.3 is 0 Å². The Morgan fingerprint density at radius 1 is 1.29 bits per heavy atom. The summed E-state index contributed by atoms with van der Waals surface area (Å²) >= 11 is 0. The molecule has 1 aliphatic heterocycles. The van der Waals surface area contributed by atoms with E-state index >= 15 is 0 Å². The van der Waals surface area contributed by atoms with Crippen molar-refractivity contribution >= 4 is 5.78 Å². The molecule has 2 nitrogen and oxygen atoms in total. The second-order valence-electron chi connectivity index (χ2n) is 6.54. The molecule has 1 saturated carbocycles. The minimum Gasteiger partial charge on any atom is -0.374 e. The van der Waals surface area contributed by atoms with E-state index in [0.29, 0.717) is 17.6 Å². The summed E-state index contributed by atoms with van der Waals surface area (Å²) in [5, 5.41) is 0. The summed E-state index contributed by atoms with van der Waals surface area (Å²) in [5.41, 5.74) is -0.164. The Balaban J connectivity index is 2.34. The molecule has 1 aliphatic carbocycles. The van der Waals surface area contributed by atoms with Gasteiger partial charge in [-0.25, -0.2) is 0 Å². The van der Waals surface area contributed by atoms with E-state index in [-0.39, 0.29) is 23.5 Å². The largest absolute Gasteiger partial charge is 0.374 e. The second kappa shape index (κ2) is 4.38. The predicted octanol–water partition coefficient (Wildman–Crippen LogP) is 3.44. The van der Waals surface area contributed by atoms with Gasteiger partial charge < -0.3 is 4.74 Å². The van der Waals surface area contributed by atoms with Crippen molar-refractivity contribution in [3.05, 3.63) is 0 Å².